The predicted molar refractivity (Wildman–Crippen MR) is 48.0 cm³/mol. The van der Waals surface area contributed by atoms with Crippen molar-refractivity contribution >= 4 is 0 Å². The van der Waals surface area contributed by atoms with Crippen LogP contribution in [0.15, 0.2) is 24.3 Å². The van der Waals surface area contributed by atoms with Crippen molar-refractivity contribution in [2.45, 2.75) is 18.6 Å². The molecule has 0 spiro atoms. The van der Waals surface area contributed by atoms with Crippen molar-refractivity contribution in [3.8, 4) is 0 Å². The normalized spacial score (nSPS) is 27.2. The zero-order valence-electron chi connectivity index (χ0n) is 7.12. The minimum atomic E-state index is -0.257. The Morgan fingerprint density at radius 3 is 2.92 bits per heavy atom. The minimum Gasteiger partial charge on any atom is -0.391 e. The summed E-state index contributed by atoms with van der Waals surface area (Å²) in [5.41, 5.74) is 2.51. The summed E-state index contributed by atoms with van der Waals surface area (Å²) in [5.74, 6) is 0. The van der Waals surface area contributed by atoms with Gasteiger partial charge in [0.15, 0.2) is 0 Å². The van der Waals surface area contributed by atoms with Crippen LogP contribution >= 0.6 is 0 Å². The summed E-state index contributed by atoms with van der Waals surface area (Å²) in [5, 5.41) is 12.8. The number of rotatable bonds is 1. The Balaban J connectivity index is 2.40. The molecule has 64 valence electrons. The van der Waals surface area contributed by atoms with E-state index in [1.807, 2.05) is 19.2 Å². The van der Waals surface area contributed by atoms with Gasteiger partial charge in [-0.3, -0.25) is 0 Å². The van der Waals surface area contributed by atoms with Gasteiger partial charge in [0.25, 0.3) is 0 Å². The van der Waals surface area contributed by atoms with Crippen LogP contribution in [0, 0.1) is 0 Å². The Labute approximate surface area is 72.2 Å². The van der Waals surface area contributed by atoms with E-state index < -0.39 is 0 Å². The molecule has 2 N–H and O–H groups in total. The molecule has 2 heteroatoms. The molecular weight excluding hydrogens is 150 g/mol. The highest BCUT2D eigenvalue weighted by molar-refractivity contribution is 5.36. The lowest BCUT2D eigenvalue weighted by Crippen LogP contribution is -2.25. The molecule has 0 radical (unpaired) electrons. The fraction of sp³-hybridized carbons (Fsp3) is 0.400. The predicted octanol–water partition coefficient (Wildman–Crippen LogP) is 0.864. The first-order valence-electron chi connectivity index (χ1n) is 4.26. The maximum absolute atomic E-state index is 9.65. The third kappa shape index (κ3) is 1.04. The molecule has 0 bridgehead atoms. The highest BCUT2D eigenvalue weighted by Crippen LogP contribution is 2.30. The van der Waals surface area contributed by atoms with E-state index in [4.69, 9.17) is 0 Å². The van der Waals surface area contributed by atoms with Gasteiger partial charge in [-0.1, -0.05) is 24.3 Å². The van der Waals surface area contributed by atoms with Crippen molar-refractivity contribution < 1.29 is 5.11 Å². The number of aliphatic hydroxyl groups excluding tert-OH is 1. The van der Waals surface area contributed by atoms with Crippen molar-refractivity contribution in [3.05, 3.63) is 35.4 Å². The van der Waals surface area contributed by atoms with Crippen LogP contribution in [-0.4, -0.2) is 18.3 Å². The number of likely N-dealkylation sites (N-methyl/N-ethyl adjacent to an activating group) is 1. The Bertz CT molecular complexity index is 285. The summed E-state index contributed by atoms with van der Waals surface area (Å²) in [6.45, 7) is 0. The minimum absolute atomic E-state index is 0.126. The Morgan fingerprint density at radius 1 is 1.42 bits per heavy atom. The van der Waals surface area contributed by atoms with E-state index in [0.717, 1.165) is 6.42 Å². The monoisotopic (exact) mass is 163 g/mol. The van der Waals surface area contributed by atoms with Crippen LogP contribution in [0.5, 0.6) is 0 Å². The Hall–Kier alpha value is -0.860. The zero-order chi connectivity index (χ0) is 8.55. The van der Waals surface area contributed by atoms with E-state index in [0.29, 0.717) is 0 Å². The van der Waals surface area contributed by atoms with E-state index in [-0.39, 0.29) is 12.1 Å². The van der Waals surface area contributed by atoms with Gasteiger partial charge in [-0.15, -0.1) is 0 Å². The summed E-state index contributed by atoms with van der Waals surface area (Å²) in [7, 11) is 1.88. The fourth-order valence-corrected chi connectivity index (χ4v) is 1.92. The number of benzene rings is 1. The molecule has 0 aliphatic heterocycles. The second-order valence-electron chi connectivity index (χ2n) is 3.24. The summed E-state index contributed by atoms with van der Waals surface area (Å²) in [4.78, 5) is 0. The van der Waals surface area contributed by atoms with Crippen molar-refractivity contribution in [1.29, 1.82) is 0 Å². The molecular formula is C10H13NO. The molecule has 0 aromatic heterocycles. The molecule has 1 aliphatic carbocycles. The van der Waals surface area contributed by atoms with Crippen molar-refractivity contribution in [2.24, 2.45) is 0 Å². The van der Waals surface area contributed by atoms with Crippen LogP contribution in [-0.2, 0) is 6.42 Å². The van der Waals surface area contributed by atoms with E-state index in [9.17, 15) is 5.11 Å². The SMILES string of the molecule is CNC1c2ccccc2C[C@H]1O. The van der Waals surface area contributed by atoms with E-state index in [1.165, 1.54) is 11.1 Å². The van der Waals surface area contributed by atoms with Crippen LogP contribution in [0.4, 0.5) is 0 Å². The third-order valence-electron chi connectivity index (χ3n) is 2.51. The Morgan fingerprint density at radius 2 is 2.17 bits per heavy atom. The van der Waals surface area contributed by atoms with Gasteiger partial charge < -0.3 is 10.4 Å². The molecule has 1 aromatic rings. The van der Waals surface area contributed by atoms with Gasteiger partial charge in [0.05, 0.1) is 12.1 Å². The van der Waals surface area contributed by atoms with Gasteiger partial charge in [0.2, 0.25) is 0 Å². The molecule has 1 aromatic carbocycles. The third-order valence-corrected chi connectivity index (χ3v) is 2.51. The lowest BCUT2D eigenvalue weighted by atomic mass is 10.1. The summed E-state index contributed by atoms with van der Waals surface area (Å²) >= 11 is 0. The largest absolute Gasteiger partial charge is 0.391 e. The van der Waals surface area contributed by atoms with Gasteiger partial charge in [-0.25, -0.2) is 0 Å². The molecule has 0 saturated heterocycles. The van der Waals surface area contributed by atoms with Gasteiger partial charge >= 0.3 is 0 Å². The quantitative estimate of drug-likeness (QED) is 0.643. The highest BCUT2D eigenvalue weighted by Gasteiger charge is 2.28. The molecule has 2 atom stereocenters. The van der Waals surface area contributed by atoms with Crippen molar-refractivity contribution in [1.82, 2.24) is 5.32 Å². The number of hydrogen-bond acceptors (Lipinski definition) is 2. The standard InChI is InChI=1S/C10H13NO/c1-11-10-8-5-3-2-4-7(8)6-9(10)12/h2-5,9-12H,6H2,1H3/t9-,10?/m1/s1. The van der Waals surface area contributed by atoms with E-state index >= 15 is 0 Å². The van der Waals surface area contributed by atoms with Gasteiger partial charge in [-0.05, 0) is 18.2 Å². The Kier molecular flexibility index (Phi) is 1.87. The molecule has 2 rings (SSSR count). The molecule has 12 heavy (non-hydrogen) atoms. The van der Waals surface area contributed by atoms with E-state index in [2.05, 4.69) is 17.4 Å². The second kappa shape index (κ2) is 2.88. The van der Waals surface area contributed by atoms with Crippen LogP contribution in [0.2, 0.25) is 0 Å². The fourth-order valence-electron chi connectivity index (χ4n) is 1.92. The molecule has 1 aliphatic rings. The number of nitrogens with one attached hydrogen (secondary N) is 1. The maximum atomic E-state index is 9.65. The molecule has 0 heterocycles. The molecule has 0 saturated carbocycles. The molecule has 0 amide bonds. The summed E-state index contributed by atoms with van der Waals surface area (Å²) in [6.07, 6.45) is 0.522. The smallest absolute Gasteiger partial charge is 0.0775 e. The van der Waals surface area contributed by atoms with E-state index in [1.54, 1.807) is 0 Å². The van der Waals surface area contributed by atoms with Crippen LogP contribution in [0.25, 0.3) is 0 Å². The van der Waals surface area contributed by atoms with Gasteiger partial charge in [0.1, 0.15) is 0 Å². The van der Waals surface area contributed by atoms with Crippen LogP contribution < -0.4 is 5.32 Å². The lowest BCUT2D eigenvalue weighted by Gasteiger charge is -2.13. The number of hydrogen-bond donors (Lipinski definition) is 2. The highest BCUT2D eigenvalue weighted by atomic mass is 16.3. The van der Waals surface area contributed by atoms with Crippen molar-refractivity contribution in [3.63, 3.8) is 0 Å². The second-order valence-corrected chi connectivity index (χ2v) is 3.24. The maximum Gasteiger partial charge on any atom is 0.0775 e. The first-order valence-corrected chi connectivity index (χ1v) is 4.26. The molecule has 2 nitrogen and oxygen atoms in total. The van der Waals surface area contributed by atoms with Crippen molar-refractivity contribution in [2.75, 3.05) is 7.05 Å². The average molecular weight is 163 g/mol. The van der Waals surface area contributed by atoms with Crippen LogP contribution in [0.1, 0.15) is 17.2 Å². The first kappa shape index (κ1) is 7.77. The van der Waals surface area contributed by atoms with Crippen LogP contribution in [0.3, 0.4) is 0 Å². The lowest BCUT2D eigenvalue weighted by molar-refractivity contribution is 0.145. The van der Waals surface area contributed by atoms with Gasteiger partial charge in [0, 0.05) is 6.42 Å². The summed E-state index contributed by atoms with van der Waals surface area (Å²) in [6, 6.07) is 8.31. The van der Waals surface area contributed by atoms with Gasteiger partial charge in [-0.2, -0.15) is 0 Å². The first-order chi connectivity index (χ1) is 5.83. The molecule has 1 unspecified atom stereocenters. The zero-order valence-corrected chi connectivity index (χ0v) is 7.12. The average Bonchev–Trinajstić information content (AvgIpc) is 2.40. The number of fused-ring (bicyclic) bond motifs is 1. The topological polar surface area (TPSA) is 32.3 Å². The molecule has 0 fully saturated rings. The summed E-state index contributed by atoms with van der Waals surface area (Å²) < 4.78 is 0. The number of aliphatic hydroxyl groups is 1.